The summed E-state index contributed by atoms with van der Waals surface area (Å²) >= 11 is 0. The molecule has 0 nitrogen and oxygen atoms in total. The van der Waals surface area contributed by atoms with Crippen LogP contribution in [-0.2, 0) is 26.2 Å². The largest absolute Gasteiger partial charge is 4.00 e. The van der Waals surface area contributed by atoms with Crippen molar-refractivity contribution in [1.29, 1.82) is 0 Å². The third-order valence-corrected chi connectivity index (χ3v) is 13.6. The Hall–Kier alpha value is -0.0169. The quantitative estimate of drug-likeness (QED) is 0.212. The number of fused-ring (bicyclic) bond motifs is 2. The first-order valence-corrected chi connectivity index (χ1v) is 16.7. The zero-order valence-corrected chi connectivity index (χ0v) is 31.8. The van der Waals surface area contributed by atoms with E-state index in [1.807, 2.05) is 0 Å². The molecule has 4 rings (SSSR count). The van der Waals surface area contributed by atoms with Gasteiger partial charge in [0.05, 0.1) is 0 Å². The van der Waals surface area contributed by atoms with Crippen LogP contribution in [0.2, 0.25) is 0 Å². The second kappa shape index (κ2) is 16.6. The molecule has 0 bridgehead atoms. The molecule has 4 aromatic rings. The minimum absolute atomic E-state index is 0. The van der Waals surface area contributed by atoms with Gasteiger partial charge in [-0.2, -0.15) is 12.1 Å². The van der Waals surface area contributed by atoms with Crippen molar-refractivity contribution in [2.75, 3.05) is 0 Å². The third kappa shape index (κ3) is 8.99. The van der Waals surface area contributed by atoms with Crippen LogP contribution in [-0.4, -0.2) is 22.6 Å². The summed E-state index contributed by atoms with van der Waals surface area (Å²) in [7, 11) is -0.0907. The summed E-state index contributed by atoms with van der Waals surface area (Å²) < 4.78 is 0. The first-order valence-electron chi connectivity index (χ1n) is 13.7. The number of hydrogen-bond acceptors (Lipinski definition) is 0. The fourth-order valence-corrected chi connectivity index (χ4v) is 11.7. The Bertz CT molecular complexity index is 1120. The molecule has 0 atom stereocenters. The van der Waals surface area contributed by atoms with Crippen molar-refractivity contribution in [3.05, 3.63) is 70.8 Å². The second-order valence-electron chi connectivity index (χ2n) is 11.7. The van der Waals surface area contributed by atoms with Crippen LogP contribution in [0.4, 0.5) is 0 Å². The van der Waals surface area contributed by atoms with Crippen LogP contribution in [0, 0.1) is 27.7 Å². The Morgan fingerprint density at radius 3 is 0.974 bits per heavy atom. The van der Waals surface area contributed by atoms with E-state index in [2.05, 4.69) is 132 Å². The van der Waals surface area contributed by atoms with Crippen LogP contribution in [0.25, 0.3) is 21.5 Å². The number of aryl methyl sites for hydroxylation is 4. The summed E-state index contributed by atoms with van der Waals surface area (Å²) in [6, 6.07) is 18.8. The first-order chi connectivity index (χ1) is 16.8. The van der Waals surface area contributed by atoms with Gasteiger partial charge in [-0.15, -0.1) is 67.5 Å². The minimum atomic E-state index is -0.0453. The summed E-state index contributed by atoms with van der Waals surface area (Å²) in [4.78, 5) is 0. The fraction of sp³-hybridized carbons (Fsp3) is 0.471. The molecule has 0 fully saturated rings. The number of hydrogen-bond donors (Lipinski definition) is 0. The zero-order valence-electron chi connectivity index (χ0n) is 26.1. The molecular formula is C34H48Cl2P2Zr. The van der Waals surface area contributed by atoms with E-state index in [1.165, 1.54) is 43.8 Å². The van der Waals surface area contributed by atoms with E-state index in [4.69, 9.17) is 0 Å². The predicted octanol–water partition coefficient (Wildman–Crippen LogP) is 4.20. The maximum absolute atomic E-state index is 2.45. The van der Waals surface area contributed by atoms with E-state index < -0.39 is 0 Å². The monoisotopic (exact) mass is 678 g/mol. The topological polar surface area (TPSA) is 0 Å². The molecule has 0 aliphatic rings. The minimum Gasteiger partial charge on any atom is -1.00 e. The van der Waals surface area contributed by atoms with E-state index >= 15 is 0 Å². The van der Waals surface area contributed by atoms with Crippen molar-refractivity contribution in [2.24, 2.45) is 0 Å². The summed E-state index contributed by atoms with van der Waals surface area (Å²) in [6.07, 6.45) is 0. The summed E-state index contributed by atoms with van der Waals surface area (Å²) in [5.74, 6) is 0. The smallest absolute Gasteiger partial charge is 1.00 e. The van der Waals surface area contributed by atoms with E-state index in [1.54, 1.807) is 10.6 Å². The molecule has 4 aromatic carbocycles. The van der Waals surface area contributed by atoms with E-state index in [0.717, 1.165) is 22.6 Å². The fourth-order valence-electron chi connectivity index (χ4n) is 5.83. The third-order valence-electron chi connectivity index (χ3n) is 7.44. The molecule has 39 heavy (non-hydrogen) atoms. The number of rotatable bonds is 6. The van der Waals surface area contributed by atoms with Gasteiger partial charge < -0.3 is 24.8 Å². The van der Waals surface area contributed by atoms with Crippen LogP contribution < -0.4 is 35.4 Å². The molecular weight excluding hydrogens is 632 g/mol. The van der Waals surface area contributed by atoms with Gasteiger partial charge >= 0.3 is 26.2 Å². The molecule has 0 amide bonds. The summed E-state index contributed by atoms with van der Waals surface area (Å²) in [5.41, 5.74) is 8.67. The van der Waals surface area contributed by atoms with Crippen LogP contribution in [0.5, 0.6) is 0 Å². The maximum Gasteiger partial charge on any atom is 4.00 e. The van der Waals surface area contributed by atoms with Crippen LogP contribution in [0.15, 0.2) is 48.5 Å². The second-order valence-corrected chi connectivity index (χ2v) is 18.5. The molecule has 0 N–H and O–H groups in total. The molecule has 0 spiro atoms. The summed E-state index contributed by atoms with van der Waals surface area (Å²) in [6.45, 7) is 27.8. The van der Waals surface area contributed by atoms with Gasteiger partial charge in [0.15, 0.2) is 0 Å². The Balaban J connectivity index is 0.000000688. The molecule has 0 saturated heterocycles. The summed E-state index contributed by atoms with van der Waals surface area (Å²) in [5, 5.41) is 9.00. The van der Waals surface area contributed by atoms with E-state index in [-0.39, 0.29) is 66.9 Å². The van der Waals surface area contributed by atoms with Gasteiger partial charge in [0.1, 0.15) is 0 Å². The average molecular weight is 681 g/mol. The SMILES string of the molecule is Cc1ccc(C)c2[cH-]c(P(C(C)C)C(C)C)cc12.Cc1ccc(C)c2[cH-]c(P(C(C)C)C(C)C)cc12.[Cl-].[Cl-].[Zr+4]. The Labute approximate surface area is 273 Å². The first kappa shape index (κ1) is 39.0. The van der Waals surface area contributed by atoms with Crippen molar-refractivity contribution < 1.29 is 51.0 Å². The van der Waals surface area contributed by atoms with Crippen molar-refractivity contribution in [3.8, 4) is 0 Å². The molecule has 0 aliphatic carbocycles. The van der Waals surface area contributed by atoms with Crippen LogP contribution in [0.3, 0.4) is 0 Å². The van der Waals surface area contributed by atoms with Gasteiger partial charge in [-0.3, -0.25) is 0 Å². The average Bonchev–Trinajstić information content (AvgIpc) is 3.40. The predicted molar refractivity (Wildman–Crippen MR) is 172 cm³/mol. The standard InChI is InChI=1S/2C17H24P.2ClH.Zr/c2*1-11(2)18(12(3)4)15-9-16-13(5)7-8-14(6)17(16)10-15;;;/h2*7-12H,1-6H3;2*1H;/q2*-1;;;+4/p-2. The van der Waals surface area contributed by atoms with E-state index in [0.29, 0.717) is 0 Å². The number of benzene rings is 2. The zero-order chi connectivity index (χ0) is 26.9. The Kier molecular flexibility index (Phi) is 16.6. The molecule has 5 heteroatoms. The Morgan fingerprint density at radius 1 is 0.487 bits per heavy atom. The van der Waals surface area contributed by atoms with Crippen molar-refractivity contribution in [3.63, 3.8) is 0 Å². The van der Waals surface area contributed by atoms with Gasteiger partial charge in [-0.25, -0.2) is 0 Å². The van der Waals surface area contributed by atoms with E-state index in [9.17, 15) is 0 Å². The molecule has 0 aromatic heterocycles. The molecule has 0 aliphatic heterocycles. The maximum atomic E-state index is 2.45. The van der Waals surface area contributed by atoms with Crippen LogP contribution >= 0.6 is 15.8 Å². The van der Waals surface area contributed by atoms with Gasteiger partial charge in [0.25, 0.3) is 0 Å². The normalized spacial score (nSPS) is 11.3. The van der Waals surface area contributed by atoms with Gasteiger partial charge in [-0.1, -0.05) is 108 Å². The number of halogens is 2. The Morgan fingerprint density at radius 2 is 0.744 bits per heavy atom. The van der Waals surface area contributed by atoms with Crippen molar-refractivity contribution >= 4 is 48.0 Å². The molecule has 0 radical (unpaired) electrons. The van der Waals surface area contributed by atoms with Crippen molar-refractivity contribution in [1.82, 2.24) is 0 Å². The molecule has 0 heterocycles. The van der Waals surface area contributed by atoms with Gasteiger partial charge in [0.2, 0.25) is 0 Å². The molecule has 0 unspecified atom stereocenters. The van der Waals surface area contributed by atoms with Gasteiger partial charge in [-0.05, 0) is 36.5 Å². The van der Waals surface area contributed by atoms with Crippen molar-refractivity contribution in [2.45, 2.75) is 106 Å². The van der Waals surface area contributed by atoms with Crippen LogP contribution in [0.1, 0.15) is 77.6 Å². The molecule has 0 saturated carbocycles. The molecule has 212 valence electrons. The van der Waals surface area contributed by atoms with Gasteiger partial charge in [0, 0.05) is 0 Å².